The van der Waals surface area contributed by atoms with Gasteiger partial charge < -0.3 is 10.6 Å². The lowest BCUT2D eigenvalue weighted by molar-refractivity contribution is -0.146. The molecule has 2 N–H and O–H groups in total. The fourth-order valence-electron chi connectivity index (χ4n) is 2.41. The van der Waals surface area contributed by atoms with Crippen LogP contribution in [0.15, 0.2) is 6.33 Å². The first-order valence-corrected chi connectivity index (χ1v) is 7.23. The summed E-state index contributed by atoms with van der Waals surface area (Å²) >= 11 is 0. The number of nitrogens with zero attached hydrogens (tertiary/aromatic N) is 3. The normalized spacial score (nSPS) is 18.8. The van der Waals surface area contributed by atoms with E-state index in [0.29, 0.717) is 18.7 Å². The molecule has 0 radical (unpaired) electrons. The third-order valence-electron chi connectivity index (χ3n) is 3.60. The van der Waals surface area contributed by atoms with Crippen LogP contribution in [0.3, 0.4) is 0 Å². The molecule has 1 aromatic heterocycles. The van der Waals surface area contributed by atoms with E-state index in [2.05, 4.69) is 20.6 Å². The van der Waals surface area contributed by atoms with E-state index in [-0.39, 0.29) is 11.8 Å². The fraction of sp³-hybridized carbons (Fsp3) is 0.571. The molecule has 1 saturated heterocycles. The Balaban J connectivity index is 2.21. The summed E-state index contributed by atoms with van der Waals surface area (Å²) in [7, 11) is 1.52. The molecule has 2 amide bonds. The molecule has 21 heavy (non-hydrogen) atoms. The largest absolute Gasteiger partial charge is 0.370 e. The topological polar surface area (TPSA) is 87.2 Å². The number of likely N-dealkylation sites (N-methyl/N-ethyl adjacent to an activating group) is 1. The Hall–Kier alpha value is -2.18. The maximum Gasteiger partial charge on any atom is 0.251 e. The van der Waals surface area contributed by atoms with Crippen LogP contribution in [0.1, 0.15) is 32.3 Å². The molecule has 1 aromatic rings. The number of hydrogen-bond donors (Lipinski definition) is 2. The van der Waals surface area contributed by atoms with Gasteiger partial charge in [-0.25, -0.2) is 9.97 Å². The zero-order valence-corrected chi connectivity index (χ0v) is 12.6. The summed E-state index contributed by atoms with van der Waals surface area (Å²) in [4.78, 5) is 33.3. The number of carbonyl (C=O) groups excluding carboxylic acids is 2. The van der Waals surface area contributed by atoms with Gasteiger partial charge in [0.15, 0.2) is 0 Å². The van der Waals surface area contributed by atoms with E-state index in [4.69, 9.17) is 0 Å². The molecule has 1 fully saturated rings. The van der Waals surface area contributed by atoms with E-state index in [0.717, 1.165) is 24.3 Å². The first kappa shape index (κ1) is 15.2. The Morgan fingerprint density at radius 1 is 1.29 bits per heavy atom. The van der Waals surface area contributed by atoms with Crippen molar-refractivity contribution < 1.29 is 9.59 Å². The zero-order chi connectivity index (χ0) is 15.4. The number of likely N-dealkylation sites (tertiary alicyclic amines) is 1. The molecule has 1 atom stereocenters. The van der Waals surface area contributed by atoms with E-state index in [1.54, 1.807) is 0 Å². The van der Waals surface area contributed by atoms with Gasteiger partial charge in [0.05, 0.1) is 0 Å². The van der Waals surface area contributed by atoms with Gasteiger partial charge in [-0.2, -0.15) is 0 Å². The summed E-state index contributed by atoms with van der Waals surface area (Å²) < 4.78 is 0. The Morgan fingerprint density at radius 2 is 2.00 bits per heavy atom. The van der Waals surface area contributed by atoms with Gasteiger partial charge in [0, 0.05) is 25.6 Å². The van der Waals surface area contributed by atoms with E-state index in [1.807, 2.05) is 13.8 Å². The smallest absolute Gasteiger partial charge is 0.251 e. The molecular weight excluding hydrogens is 270 g/mol. The first-order valence-electron chi connectivity index (χ1n) is 7.23. The minimum Gasteiger partial charge on any atom is -0.370 e. The molecule has 7 nitrogen and oxygen atoms in total. The predicted molar refractivity (Wildman–Crippen MR) is 80.0 cm³/mol. The lowest BCUT2D eigenvalue weighted by atomic mass is 10.0. The predicted octanol–water partition coefficient (Wildman–Crippen LogP) is 1.03. The van der Waals surface area contributed by atoms with Crippen LogP contribution in [0.25, 0.3) is 0 Å². The number of amides is 2. The van der Waals surface area contributed by atoms with E-state index in [9.17, 15) is 9.59 Å². The van der Waals surface area contributed by atoms with Crippen molar-refractivity contribution in [3.8, 4) is 0 Å². The molecule has 2 heterocycles. The second-order valence-corrected chi connectivity index (χ2v) is 4.96. The number of carbonyl (C=O) groups is 2. The molecule has 0 aromatic carbocycles. The van der Waals surface area contributed by atoms with Gasteiger partial charge >= 0.3 is 0 Å². The molecule has 0 bridgehead atoms. The molecular formula is C14H21N5O2. The highest BCUT2D eigenvalue weighted by molar-refractivity contribution is 6.01. The number of hydrogen-bond acceptors (Lipinski definition) is 6. The van der Waals surface area contributed by atoms with Crippen molar-refractivity contribution in [1.29, 1.82) is 0 Å². The molecule has 0 spiro atoms. The van der Waals surface area contributed by atoms with Crippen molar-refractivity contribution >= 4 is 23.5 Å². The summed E-state index contributed by atoms with van der Waals surface area (Å²) in [5.41, 5.74) is 0.951. The van der Waals surface area contributed by atoms with Crippen LogP contribution in [0.4, 0.5) is 11.6 Å². The monoisotopic (exact) mass is 291 g/mol. The quantitative estimate of drug-likeness (QED) is 0.788. The molecule has 0 saturated carbocycles. The van der Waals surface area contributed by atoms with E-state index < -0.39 is 6.04 Å². The van der Waals surface area contributed by atoms with Crippen LogP contribution in [0, 0.1) is 0 Å². The Bertz CT molecular complexity index is 546. The fourth-order valence-corrected chi connectivity index (χ4v) is 2.41. The van der Waals surface area contributed by atoms with Crippen molar-refractivity contribution in [2.75, 3.05) is 24.2 Å². The van der Waals surface area contributed by atoms with Gasteiger partial charge in [-0.1, -0.05) is 6.92 Å². The molecule has 1 aliphatic heterocycles. The Kier molecular flexibility index (Phi) is 4.72. The second-order valence-electron chi connectivity index (χ2n) is 4.96. The van der Waals surface area contributed by atoms with Crippen molar-refractivity contribution in [1.82, 2.24) is 14.9 Å². The van der Waals surface area contributed by atoms with E-state index in [1.165, 1.54) is 18.3 Å². The van der Waals surface area contributed by atoms with Gasteiger partial charge in [0.1, 0.15) is 24.0 Å². The summed E-state index contributed by atoms with van der Waals surface area (Å²) in [5, 5.41) is 6.36. The molecule has 7 heteroatoms. The Labute approximate surface area is 124 Å². The summed E-state index contributed by atoms with van der Waals surface area (Å²) in [6.07, 6.45) is 3.08. The third-order valence-corrected chi connectivity index (χ3v) is 3.60. The van der Waals surface area contributed by atoms with Gasteiger partial charge in [-0.3, -0.25) is 14.5 Å². The zero-order valence-electron chi connectivity index (χ0n) is 12.6. The average Bonchev–Trinajstić information content (AvgIpc) is 2.48. The van der Waals surface area contributed by atoms with Gasteiger partial charge in [-0.15, -0.1) is 0 Å². The van der Waals surface area contributed by atoms with Crippen LogP contribution in [0.5, 0.6) is 0 Å². The molecule has 2 rings (SSSR count). The van der Waals surface area contributed by atoms with Gasteiger partial charge in [0.2, 0.25) is 5.91 Å². The molecule has 114 valence electrons. The van der Waals surface area contributed by atoms with Crippen molar-refractivity contribution in [2.24, 2.45) is 0 Å². The Morgan fingerprint density at radius 3 is 2.67 bits per heavy atom. The number of piperidine rings is 1. The number of nitrogens with one attached hydrogen (secondary N) is 2. The van der Waals surface area contributed by atoms with Crippen LogP contribution in [-0.2, 0) is 16.0 Å². The average molecular weight is 291 g/mol. The minimum absolute atomic E-state index is 0.134. The lowest BCUT2D eigenvalue weighted by Crippen LogP contribution is -2.48. The summed E-state index contributed by atoms with van der Waals surface area (Å²) in [6, 6.07) is -0.414. The highest BCUT2D eigenvalue weighted by Gasteiger charge is 2.32. The van der Waals surface area contributed by atoms with E-state index >= 15 is 0 Å². The highest BCUT2D eigenvalue weighted by atomic mass is 16.2. The molecule has 1 unspecified atom stereocenters. The molecule has 0 aliphatic carbocycles. The third kappa shape index (κ3) is 3.12. The second kappa shape index (κ2) is 6.51. The lowest BCUT2D eigenvalue weighted by Gasteiger charge is -2.29. The van der Waals surface area contributed by atoms with Gasteiger partial charge in [0.25, 0.3) is 5.91 Å². The van der Waals surface area contributed by atoms with Crippen LogP contribution >= 0.6 is 0 Å². The maximum atomic E-state index is 12.1. The standard InChI is InChI=1S/C14H21N5O2/c1-4-9-12(15-5-2)16-8-17-13(9)18-10-6-7-11(20)19(3)14(10)21/h8,10H,4-7H2,1-3H3,(H2,15,16,17,18). The highest BCUT2D eigenvalue weighted by Crippen LogP contribution is 2.23. The number of rotatable bonds is 5. The van der Waals surface area contributed by atoms with Crippen LogP contribution in [-0.4, -0.2) is 46.3 Å². The summed E-state index contributed by atoms with van der Waals surface area (Å²) in [6.45, 7) is 4.78. The maximum absolute atomic E-state index is 12.1. The number of anilines is 2. The van der Waals surface area contributed by atoms with Crippen LogP contribution in [0.2, 0.25) is 0 Å². The van der Waals surface area contributed by atoms with Crippen molar-refractivity contribution in [2.45, 2.75) is 39.2 Å². The van der Waals surface area contributed by atoms with Crippen molar-refractivity contribution in [3.05, 3.63) is 11.9 Å². The minimum atomic E-state index is -0.414. The first-order chi connectivity index (χ1) is 10.1. The van der Waals surface area contributed by atoms with Crippen LogP contribution < -0.4 is 10.6 Å². The SMILES string of the molecule is CCNc1ncnc(NC2CCC(=O)N(C)C2=O)c1CC. The summed E-state index contributed by atoms with van der Waals surface area (Å²) in [5.74, 6) is 1.09. The van der Waals surface area contributed by atoms with Crippen molar-refractivity contribution in [3.63, 3.8) is 0 Å². The van der Waals surface area contributed by atoms with Gasteiger partial charge in [-0.05, 0) is 19.8 Å². The number of imide groups is 1. The molecule has 1 aliphatic rings. The number of aromatic nitrogens is 2.